The van der Waals surface area contributed by atoms with E-state index in [2.05, 4.69) is 98.8 Å². The SMILES string of the molecule is CC(C)(C)[Si](OCCN)(c1ccccc1)c1ccccc1.[CH3][Al]([CH3])[CH3]. The van der Waals surface area contributed by atoms with Gasteiger partial charge in [0.05, 0.1) is 0 Å². The number of benzene rings is 2. The van der Waals surface area contributed by atoms with Gasteiger partial charge in [0.2, 0.25) is 0 Å². The van der Waals surface area contributed by atoms with Crippen LogP contribution in [0, 0.1) is 0 Å². The quantitative estimate of drug-likeness (QED) is 0.809. The summed E-state index contributed by atoms with van der Waals surface area (Å²) in [5.41, 5.74) is 5.73. The number of rotatable bonds is 5. The molecule has 2 N–H and O–H groups in total. The van der Waals surface area contributed by atoms with Gasteiger partial charge in [-0.05, 0) is 15.4 Å². The highest BCUT2D eigenvalue weighted by Gasteiger charge is 2.49. The van der Waals surface area contributed by atoms with Gasteiger partial charge in [0.15, 0.2) is 0 Å². The van der Waals surface area contributed by atoms with E-state index in [4.69, 9.17) is 10.2 Å². The van der Waals surface area contributed by atoms with Crippen LogP contribution in [-0.4, -0.2) is 35.6 Å². The van der Waals surface area contributed by atoms with E-state index < -0.39 is 8.32 Å². The van der Waals surface area contributed by atoms with Gasteiger partial charge in [-0.3, -0.25) is 0 Å². The molecule has 2 aromatic rings. The Morgan fingerprint density at radius 3 is 1.48 bits per heavy atom. The smallest absolute Gasteiger partial charge is 0.261 e. The zero-order valence-corrected chi connectivity index (χ0v) is 18.9. The fraction of sp³-hybridized carbons (Fsp3) is 0.429. The van der Waals surface area contributed by atoms with Crippen LogP contribution in [0.3, 0.4) is 0 Å². The van der Waals surface area contributed by atoms with Crippen molar-refractivity contribution in [1.82, 2.24) is 0 Å². The van der Waals surface area contributed by atoms with Crippen molar-refractivity contribution in [2.45, 2.75) is 43.2 Å². The summed E-state index contributed by atoms with van der Waals surface area (Å²) in [5, 5.41) is 2.64. The van der Waals surface area contributed by atoms with E-state index in [1.165, 1.54) is 10.4 Å². The standard InChI is InChI=1S/C18H25NOSi.3CH3.Al/c1-18(2,3)21(20-15-14-19,16-10-6-4-7-11-16)17-12-8-5-9-13-17;;;;/h4-13H,14-15,19H2,1-3H3;3*1H3;. The van der Waals surface area contributed by atoms with Gasteiger partial charge in [0.1, 0.15) is 0 Å². The molecule has 0 fully saturated rings. The van der Waals surface area contributed by atoms with Gasteiger partial charge in [0.25, 0.3) is 22.5 Å². The molecule has 2 nitrogen and oxygen atoms in total. The lowest BCUT2D eigenvalue weighted by Crippen LogP contribution is -2.66. The van der Waals surface area contributed by atoms with Gasteiger partial charge < -0.3 is 10.2 Å². The predicted molar refractivity (Wildman–Crippen MR) is 116 cm³/mol. The summed E-state index contributed by atoms with van der Waals surface area (Å²) in [6, 6.07) is 21.3. The highest BCUT2D eigenvalue weighted by atomic mass is 28.4. The average Bonchev–Trinajstić information content (AvgIpc) is 2.56. The number of hydrogen-bond acceptors (Lipinski definition) is 2. The maximum atomic E-state index is 6.53. The van der Waals surface area contributed by atoms with Crippen molar-refractivity contribution in [3.05, 3.63) is 60.7 Å². The van der Waals surface area contributed by atoms with E-state index in [1.807, 2.05) is 0 Å². The summed E-state index contributed by atoms with van der Waals surface area (Å²) in [6.45, 7) is 7.96. The first kappa shape index (κ1) is 22.2. The molecule has 0 aromatic heterocycles. The summed E-state index contributed by atoms with van der Waals surface area (Å²) < 4.78 is 6.53. The summed E-state index contributed by atoms with van der Waals surface area (Å²) in [6.07, 6.45) is 0. The number of hydrogen-bond donors (Lipinski definition) is 1. The molecule has 0 bridgehead atoms. The molecule has 0 unspecified atom stereocenters. The summed E-state index contributed by atoms with van der Waals surface area (Å²) in [5.74, 6) is 6.92. The van der Waals surface area contributed by atoms with E-state index >= 15 is 0 Å². The van der Waals surface area contributed by atoms with E-state index in [0.29, 0.717) is 13.2 Å². The van der Waals surface area contributed by atoms with Crippen molar-refractivity contribution in [3.63, 3.8) is 0 Å². The minimum Gasteiger partial charge on any atom is -0.406 e. The molecule has 0 aliphatic heterocycles. The van der Waals surface area contributed by atoms with Gasteiger partial charge in [-0.2, -0.15) is 0 Å². The van der Waals surface area contributed by atoms with E-state index in [1.54, 1.807) is 0 Å². The molecular weight excluding hydrogens is 337 g/mol. The van der Waals surface area contributed by atoms with Gasteiger partial charge in [-0.15, -0.1) is 17.4 Å². The molecule has 0 atom stereocenters. The monoisotopic (exact) mass is 371 g/mol. The van der Waals surface area contributed by atoms with Crippen LogP contribution < -0.4 is 16.1 Å². The van der Waals surface area contributed by atoms with Crippen molar-refractivity contribution in [2.75, 3.05) is 13.2 Å². The lowest BCUT2D eigenvalue weighted by molar-refractivity contribution is 0.308. The zero-order chi connectivity index (χ0) is 18.9. The molecule has 0 saturated carbocycles. The van der Waals surface area contributed by atoms with Gasteiger partial charge in [-0.1, -0.05) is 81.4 Å². The average molecular weight is 372 g/mol. The van der Waals surface area contributed by atoms with Crippen molar-refractivity contribution >= 4 is 32.8 Å². The van der Waals surface area contributed by atoms with Crippen LogP contribution >= 0.6 is 0 Å². The Morgan fingerprint density at radius 1 is 0.840 bits per heavy atom. The summed E-state index contributed by atoms with van der Waals surface area (Å²) in [4.78, 5) is 0. The fourth-order valence-electron chi connectivity index (χ4n) is 2.97. The summed E-state index contributed by atoms with van der Waals surface area (Å²) in [7, 11) is -2.35. The fourth-order valence-corrected chi connectivity index (χ4v) is 7.55. The van der Waals surface area contributed by atoms with Gasteiger partial charge in [0, 0.05) is 13.2 Å². The summed E-state index contributed by atoms with van der Waals surface area (Å²) >= 11 is -0.139. The van der Waals surface area contributed by atoms with Crippen molar-refractivity contribution in [1.29, 1.82) is 0 Å². The molecule has 0 saturated heterocycles. The third-order valence-corrected chi connectivity index (χ3v) is 8.90. The normalized spacial score (nSPS) is 11.5. The molecule has 0 heterocycles. The molecular formula is C21H34AlNOSi. The van der Waals surface area contributed by atoms with Gasteiger partial charge in [-0.25, -0.2) is 0 Å². The first-order chi connectivity index (χ1) is 11.8. The zero-order valence-electron chi connectivity index (χ0n) is 16.8. The van der Waals surface area contributed by atoms with Crippen LogP contribution in [0.15, 0.2) is 60.7 Å². The molecule has 0 spiro atoms. The lowest BCUT2D eigenvalue weighted by Gasteiger charge is -2.43. The highest BCUT2D eigenvalue weighted by molar-refractivity contribution is 6.99. The van der Waals surface area contributed by atoms with E-state index in [0.717, 1.165) is 0 Å². The third kappa shape index (κ3) is 6.09. The van der Waals surface area contributed by atoms with Crippen LogP contribution in [0.25, 0.3) is 0 Å². The van der Waals surface area contributed by atoms with E-state index in [-0.39, 0.29) is 19.2 Å². The second-order valence-electron chi connectivity index (χ2n) is 8.03. The third-order valence-electron chi connectivity index (χ3n) is 3.85. The highest BCUT2D eigenvalue weighted by Crippen LogP contribution is 2.36. The molecule has 0 amide bonds. The van der Waals surface area contributed by atoms with Crippen molar-refractivity contribution in [3.8, 4) is 0 Å². The molecule has 4 heteroatoms. The Labute approximate surface area is 159 Å². The van der Waals surface area contributed by atoms with Crippen molar-refractivity contribution < 1.29 is 4.43 Å². The Hall–Kier alpha value is -0.891. The number of nitrogens with two attached hydrogens (primary N) is 1. The minimum absolute atomic E-state index is 0.0326. The second-order valence-corrected chi connectivity index (χ2v) is 15.8. The Bertz CT molecular complexity index is 554. The van der Waals surface area contributed by atoms with Gasteiger partial charge >= 0.3 is 0 Å². The largest absolute Gasteiger partial charge is 0.406 e. The molecule has 0 aliphatic rings. The topological polar surface area (TPSA) is 35.2 Å². The van der Waals surface area contributed by atoms with Crippen LogP contribution in [-0.2, 0) is 4.43 Å². The van der Waals surface area contributed by atoms with Crippen LogP contribution in [0.2, 0.25) is 22.4 Å². The first-order valence-corrected chi connectivity index (χ1v) is 14.6. The van der Waals surface area contributed by atoms with Crippen molar-refractivity contribution in [2.24, 2.45) is 5.73 Å². The minimum atomic E-state index is -2.35. The maximum Gasteiger partial charge on any atom is 0.261 e. The predicted octanol–water partition coefficient (Wildman–Crippen LogP) is 3.89. The van der Waals surface area contributed by atoms with Crippen LogP contribution in [0.1, 0.15) is 20.8 Å². The second kappa shape index (κ2) is 10.3. The maximum absolute atomic E-state index is 6.53. The van der Waals surface area contributed by atoms with Crippen LogP contribution in [0.5, 0.6) is 0 Å². The molecule has 2 rings (SSSR count). The molecule has 0 aliphatic carbocycles. The molecule has 25 heavy (non-hydrogen) atoms. The molecule has 136 valence electrons. The molecule has 2 aromatic carbocycles. The molecule has 0 radical (unpaired) electrons. The lowest BCUT2D eigenvalue weighted by atomic mass is 10.2. The Balaban J connectivity index is 0.000000705. The van der Waals surface area contributed by atoms with E-state index in [9.17, 15) is 0 Å². The Morgan fingerprint density at radius 2 is 1.20 bits per heavy atom. The Kier molecular flexibility index (Phi) is 9.13. The first-order valence-electron chi connectivity index (χ1n) is 9.20. The van der Waals surface area contributed by atoms with Crippen LogP contribution in [0.4, 0.5) is 0 Å².